The summed E-state index contributed by atoms with van der Waals surface area (Å²) in [5.74, 6) is -1.49. The Balaban J connectivity index is 1.96. The van der Waals surface area contributed by atoms with E-state index in [-0.39, 0.29) is 18.7 Å². The number of hydrogen-bond acceptors (Lipinski definition) is 4. The zero-order chi connectivity index (χ0) is 15.0. The van der Waals surface area contributed by atoms with Crippen molar-refractivity contribution in [1.29, 1.82) is 0 Å². The Kier molecular flexibility index (Phi) is 7.22. The van der Waals surface area contributed by atoms with Crippen LogP contribution in [0.4, 0.5) is 0 Å². The molecule has 0 saturated carbocycles. The van der Waals surface area contributed by atoms with Crippen molar-refractivity contribution in [2.45, 2.75) is 63.9 Å². The second kappa shape index (κ2) is 8.68. The Labute approximate surface area is 118 Å². The van der Waals surface area contributed by atoms with Gasteiger partial charge in [-0.15, -0.1) is 0 Å². The van der Waals surface area contributed by atoms with Gasteiger partial charge in [0.2, 0.25) is 5.91 Å². The van der Waals surface area contributed by atoms with E-state index in [9.17, 15) is 19.5 Å². The third-order valence-corrected chi connectivity index (χ3v) is 3.49. The second-order valence-corrected chi connectivity index (χ2v) is 5.22. The highest BCUT2D eigenvalue weighted by atomic mass is 16.4. The lowest BCUT2D eigenvalue weighted by Gasteiger charge is -2.13. The number of unbranched alkanes of at least 4 members (excludes halogenated alkanes) is 6. The van der Waals surface area contributed by atoms with Crippen molar-refractivity contribution >= 4 is 17.8 Å². The summed E-state index contributed by atoms with van der Waals surface area (Å²) in [6, 6.07) is 0. The molecule has 1 fully saturated rings. The minimum absolute atomic E-state index is 0.0809. The molecule has 20 heavy (non-hydrogen) atoms. The third kappa shape index (κ3) is 5.69. The van der Waals surface area contributed by atoms with Gasteiger partial charge in [0.05, 0.1) is 6.42 Å². The molecule has 1 atom stereocenters. The van der Waals surface area contributed by atoms with E-state index in [1.54, 1.807) is 0 Å². The number of nitrogens with zero attached hydrogens (tertiary/aromatic N) is 1. The number of hydrogen-bond donors (Lipinski definition) is 2. The van der Waals surface area contributed by atoms with Gasteiger partial charge in [0.15, 0.2) is 0 Å². The van der Waals surface area contributed by atoms with Crippen LogP contribution in [0.3, 0.4) is 0 Å². The van der Waals surface area contributed by atoms with Gasteiger partial charge < -0.3 is 10.2 Å². The van der Waals surface area contributed by atoms with Crippen LogP contribution < -0.4 is 0 Å². The molecule has 1 saturated heterocycles. The van der Waals surface area contributed by atoms with Crippen molar-refractivity contribution in [2.75, 3.05) is 6.54 Å². The standard InChI is InChI=1S/C14H23NO5/c16-11-10-12(17)15(14(11)20)9-7-5-3-1-2-4-6-8-13(18)19/h11,16H,1-10H2,(H,18,19). The molecule has 0 aliphatic carbocycles. The number of imide groups is 1. The average Bonchev–Trinajstić information content (AvgIpc) is 2.62. The minimum atomic E-state index is -1.14. The number of rotatable bonds is 10. The predicted molar refractivity (Wildman–Crippen MR) is 71.9 cm³/mol. The van der Waals surface area contributed by atoms with E-state index in [2.05, 4.69) is 0 Å². The average molecular weight is 285 g/mol. The quantitative estimate of drug-likeness (QED) is 0.466. The highest BCUT2D eigenvalue weighted by Gasteiger charge is 2.36. The Morgan fingerprint density at radius 2 is 1.60 bits per heavy atom. The van der Waals surface area contributed by atoms with E-state index in [0.717, 1.165) is 49.8 Å². The molecule has 2 N–H and O–H groups in total. The Morgan fingerprint density at radius 3 is 2.10 bits per heavy atom. The number of carbonyl (C=O) groups is 3. The molecule has 2 amide bonds. The molecular formula is C14H23NO5. The molecule has 0 aromatic carbocycles. The monoisotopic (exact) mass is 285 g/mol. The number of aliphatic hydroxyl groups excluding tert-OH is 1. The van der Waals surface area contributed by atoms with E-state index in [4.69, 9.17) is 5.11 Å². The first-order valence-corrected chi connectivity index (χ1v) is 7.26. The SMILES string of the molecule is O=C(O)CCCCCCCCCN1C(=O)CC(O)C1=O. The van der Waals surface area contributed by atoms with E-state index in [1.807, 2.05) is 0 Å². The molecule has 1 rings (SSSR count). The molecule has 114 valence electrons. The summed E-state index contributed by atoms with van der Waals surface area (Å²) < 4.78 is 0. The fourth-order valence-electron chi connectivity index (χ4n) is 2.33. The van der Waals surface area contributed by atoms with Crippen molar-refractivity contribution in [2.24, 2.45) is 0 Å². The van der Waals surface area contributed by atoms with Gasteiger partial charge in [-0.2, -0.15) is 0 Å². The summed E-state index contributed by atoms with van der Waals surface area (Å²) >= 11 is 0. The van der Waals surface area contributed by atoms with Gasteiger partial charge in [0, 0.05) is 13.0 Å². The van der Waals surface area contributed by atoms with E-state index < -0.39 is 18.0 Å². The predicted octanol–water partition coefficient (Wildman–Crippen LogP) is 1.31. The lowest BCUT2D eigenvalue weighted by Crippen LogP contribution is -2.32. The number of carboxylic acid groups (broad SMARTS) is 1. The summed E-state index contributed by atoms with van der Waals surface area (Å²) in [6.07, 6.45) is 5.46. The van der Waals surface area contributed by atoms with Crippen LogP contribution in [-0.2, 0) is 14.4 Å². The molecule has 0 bridgehead atoms. The Morgan fingerprint density at radius 1 is 1.05 bits per heavy atom. The normalized spacial score (nSPS) is 18.9. The molecular weight excluding hydrogens is 262 g/mol. The van der Waals surface area contributed by atoms with Crippen LogP contribution >= 0.6 is 0 Å². The molecule has 1 aliphatic heterocycles. The summed E-state index contributed by atoms with van der Waals surface area (Å²) in [6.45, 7) is 0.397. The summed E-state index contributed by atoms with van der Waals surface area (Å²) in [5, 5.41) is 17.7. The zero-order valence-electron chi connectivity index (χ0n) is 11.7. The smallest absolute Gasteiger partial charge is 0.303 e. The molecule has 1 aliphatic rings. The fourth-order valence-corrected chi connectivity index (χ4v) is 2.33. The number of likely N-dealkylation sites (tertiary alicyclic amines) is 1. The zero-order valence-corrected chi connectivity index (χ0v) is 11.7. The highest BCUT2D eigenvalue weighted by molar-refractivity contribution is 6.04. The van der Waals surface area contributed by atoms with E-state index in [1.165, 1.54) is 0 Å². The van der Waals surface area contributed by atoms with Crippen molar-refractivity contribution in [3.63, 3.8) is 0 Å². The van der Waals surface area contributed by atoms with Gasteiger partial charge in [0.25, 0.3) is 5.91 Å². The van der Waals surface area contributed by atoms with Crippen molar-refractivity contribution < 1.29 is 24.6 Å². The maximum absolute atomic E-state index is 11.4. The van der Waals surface area contributed by atoms with Gasteiger partial charge in [-0.05, 0) is 12.8 Å². The Hall–Kier alpha value is -1.43. The number of carboxylic acids is 1. The minimum Gasteiger partial charge on any atom is -0.481 e. The van der Waals surface area contributed by atoms with Crippen LogP contribution in [0.5, 0.6) is 0 Å². The lowest BCUT2D eigenvalue weighted by molar-refractivity contribution is -0.141. The van der Waals surface area contributed by atoms with Crippen LogP contribution in [0.2, 0.25) is 0 Å². The van der Waals surface area contributed by atoms with Crippen LogP contribution in [0, 0.1) is 0 Å². The first kappa shape index (κ1) is 16.6. The topological polar surface area (TPSA) is 94.9 Å². The molecule has 0 radical (unpaired) electrons. The number of aliphatic hydroxyl groups is 1. The van der Waals surface area contributed by atoms with Crippen LogP contribution in [0.25, 0.3) is 0 Å². The van der Waals surface area contributed by atoms with Gasteiger partial charge in [-0.3, -0.25) is 19.3 Å². The van der Waals surface area contributed by atoms with Gasteiger partial charge >= 0.3 is 5.97 Å². The summed E-state index contributed by atoms with van der Waals surface area (Å²) in [5.41, 5.74) is 0. The highest BCUT2D eigenvalue weighted by Crippen LogP contribution is 2.15. The van der Waals surface area contributed by atoms with E-state index in [0.29, 0.717) is 6.54 Å². The number of carbonyl (C=O) groups excluding carboxylic acids is 2. The first-order chi connectivity index (χ1) is 9.52. The number of aliphatic carboxylic acids is 1. The number of amides is 2. The van der Waals surface area contributed by atoms with Gasteiger partial charge in [0.1, 0.15) is 6.10 Å². The van der Waals surface area contributed by atoms with Crippen LogP contribution in [0.15, 0.2) is 0 Å². The second-order valence-electron chi connectivity index (χ2n) is 5.22. The molecule has 0 aromatic rings. The van der Waals surface area contributed by atoms with Crippen molar-refractivity contribution in [1.82, 2.24) is 4.90 Å². The Bertz CT molecular complexity index is 355. The van der Waals surface area contributed by atoms with Crippen molar-refractivity contribution in [3.05, 3.63) is 0 Å². The first-order valence-electron chi connectivity index (χ1n) is 7.26. The largest absolute Gasteiger partial charge is 0.481 e. The molecule has 6 heteroatoms. The fraction of sp³-hybridized carbons (Fsp3) is 0.786. The molecule has 1 heterocycles. The van der Waals surface area contributed by atoms with Gasteiger partial charge in [-0.1, -0.05) is 32.1 Å². The van der Waals surface area contributed by atoms with Crippen LogP contribution in [0.1, 0.15) is 57.8 Å². The molecule has 1 unspecified atom stereocenters. The summed E-state index contributed by atoms with van der Waals surface area (Å²) in [4.78, 5) is 34.2. The maximum atomic E-state index is 11.4. The van der Waals surface area contributed by atoms with Gasteiger partial charge in [-0.25, -0.2) is 0 Å². The van der Waals surface area contributed by atoms with Crippen LogP contribution in [-0.4, -0.2) is 45.5 Å². The third-order valence-electron chi connectivity index (χ3n) is 3.49. The van der Waals surface area contributed by atoms with E-state index >= 15 is 0 Å². The molecule has 0 spiro atoms. The lowest BCUT2D eigenvalue weighted by atomic mass is 10.1. The van der Waals surface area contributed by atoms with Crippen molar-refractivity contribution in [3.8, 4) is 0 Å². The molecule has 0 aromatic heterocycles. The summed E-state index contributed by atoms with van der Waals surface area (Å²) in [7, 11) is 0. The maximum Gasteiger partial charge on any atom is 0.303 e. The molecule has 6 nitrogen and oxygen atoms in total.